The first-order chi connectivity index (χ1) is 13.7. The van der Waals surface area contributed by atoms with Gasteiger partial charge in [-0.05, 0) is 39.2 Å². The summed E-state index contributed by atoms with van der Waals surface area (Å²) >= 11 is 0. The van der Waals surface area contributed by atoms with Crippen molar-refractivity contribution in [2.45, 2.75) is 39.7 Å². The molecule has 7 heteroatoms. The van der Waals surface area contributed by atoms with Crippen LogP contribution in [0.2, 0.25) is 0 Å². The predicted octanol–water partition coefficient (Wildman–Crippen LogP) is 3.36. The van der Waals surface area contributed by atoms with E-state index in [2.05, 4.69) is 53.6 Å². The minimum atomic E-state index is 0. The average molecular weight is 518 g/mol. The molecule has 1 saturated heterocycles. The third-order valence-corrected chi connectivity index (χ3v) is 4.93. The van der Waals surface area contributed by atoms with E-state index in [9.17, 15) is 0 Å². The van der Waals surface area contributed by atoms with Crippen molar-refractivity contribution in [3.8, 4) is 0 Å². The third kappa shape index (κ3) is 10.1. The van der Waals surface area contributed by atoms with Gasteiger partial charge in [0.05, 0.1) is 25.8 Å². The average Bonchev–Trinajstić information content (AvgIpc) is 2.72. The Labute approximate surface area is 193 Å². The number of morpholine rings is 1. The van der Waals surface area contributed by atoms with Gasteiger partial charge in [0.25, 0.3) is 0 Å². The minimum Gasteiger partial charge on any atom is -0.382 e. The monoisotopic (exact) mass is 518 g/mol. The molecule has 2 N–H and O–H groups in total. The molecule has 0 amide bonds. The van der Waals surface area contributed by atoms with Crippen molar-refractivity contribution in [1.29, 1.82) is 0 Å². The van der Waals surface area contributed by atoms with Crippen molar-refractivity contribution in [2.75, 3.05) is 59.2 Å². The molecule has 1 heterocycles. The van der Waals surface area contributed by atoms with Gasteiger partial charge in [0, 0.05) is 39.4 Å². The highest BCUT2D eigenvalue weighted by Crippen LogP contribution is 2.22. The van der Waals surface area contributed by atoms with Crippen molar-refractivity contribution in [1.82, 2.24) is 15.5 Å². The molecule has 1 aliphatic rings. The Balaban J connectivity index is 0.00000420. The van der Waals surface area contributed by atoms with Crippen LogP contribution in [-0.2, 0) is 9.47 Å². The molecule has 1 unspecified atom stereocenters. The Morgan fingerprint density at radius 2 is 1.86 bits per heavy atom. The van der Waals surface area contributed by atoms with Gasteiger partial charge in [-0.1, -0.05) is 29.8 Å². The van der Waals surface area contributed by atoms with E-state index in [1.165, 1.54) is 11.1 Å². The number of nitrogens with one attached hydrogen (secondary N) is 2. The number of rotatable bonds is 11. The highest BCUT2D eigenvalue weighted by molar-refractivity contribution is 14.0. The summed E-state index contributed by atoms with van der Waals surface area (Å²) in [4.78, 5) is 7.39. The van der Waals surface area contributed by atoms with Gasteiger partial charge in [-0.3, -0.25) is 9.89 Å². The van der Waals surface area contributed by atoms with Crippen LogP contribution in [-0.4, -0.2) is 70.0 Å². The summed E-state index contributed by atoms with van der Waals surface area (Å²) in [5.41, 5.74) is 2.61. The molecule has 6 nitrogen and oxygen atoms in total. The van der Waals surface area contributed by atoms with Crippen molar-refractivity contribution in [2.24, 2.45) is 4.99 Å². The molecule has 166 valence electrons. The maximum Gasteiger partial charge on any atom is 0.191 e. The van der Waals surface area contributed by atoms with Gasteiger partial charge in [0.15, 0.2) is 5.96 Å². The van der Waals surface area contributed by atoms with Crippen molar-refractivity contribution >= 4 is 29.9 Å². The molecular weight excluding hydrogens is 479 g/mol. The van der Waals surface area contributed by atoms with Crippen LogP contribution >= 0.6 is 24.0 Å². The van der Waals surface area contributed by atoms with Crippen LogP contribution in [0.5, 0.6) is 0 Å². The van der Waals surface area contributed by atoms with E-state index < -0.39 is 0 Å². The van der Waals surface area contributed by atoms with E-state index >= 15 is 0 Å². The van der Waals surface area contributed by atoms with E-state index in [0.717, 1.165) is 78.0 Å². The topological polar surface area (TPSA) is 58.1 Å². The largest absolute Gasteiger partial charge is 0.382 e. The lowest BCUT2D eigenvalue weighted by atomic mass is 10.0. The van der Waals surface area contributed by atoms with Crippen molar-refractivity contribution < 1.29 is 9.47 Å². The first kappa shape index (κ1) is 26.1. The number of benzene rings is 1. The number of aryl methyl sites for hydroxylation is 1. The van der Waals surface area contributed by atoms with Gasteiger partial charge in [-0.25, -0.2) is 0 Å². The van der Waals surface area contributed by atoms with Crippen molar-refractivity contribution in [3.05, 3.63) is 35.4 Å². The molecule has 0 radical (unpaired) electrons. The zero-order valence-electron chi connectivity index (χ0n) is 18.3. The molecule has 1 atom stereocenters. The number of aliphatic imine (C=N–C) groups is 1. The fourth-order valence-electron chi connectivity index (χ4n) is 3.31. The van der Waals surface area contributed by atoms with E-state index in [-0.39, 0.29) is 30.0 Å². The normalized spacial score (nSPS) is 16.2. The standard InChI is InChI=1S/C22H38N4O2.HI/c1-4-23-22(24-12-6-7-15-27-5-2)25-18-21(26-13-16-28-17-14-26)20-10-8-19(3)9-11-20;/h8-11,21H,4-7,12-18H2,1-3H3,(H2,23,24,25);1H. The highest BCUT2D eigenvalue weighted by atomic mass is 127. The quantitative estimate of drug-likeness (QED) is 0.204. The minimum absolute atomic E-state index is 0. The molecule has 0 spiro atoms. The van der Waals surface area contributed by atoms with E-state index in [1.807, 2.05) is 6.92 Å². The molecule has 1 aliphatic heterocycles. The molecule has 1 aromatic carbocycles. The van der Waals surface area contributed by atoms with Gasteiger partial charge in [-0.15, -0.1) is 24.0 Å². The fourth-order valence-corrected chi connectivity index (χ4v) is 3.31. The molecule has 1 fully saturated rings. The van der Waals surface area contributed by atoms with Crippen LogP contribution in [0.25, 0.3) is 0 Å². The Hall–Kier alpha value is -0.900. The number of guanidine groups is 1. The Morgan fingerprint density at radius 1 is 1.14 bits per heavy atom. The lowest BCUT2D eigenvalue weighted by Gasteiger charge is -2.34. The Kier molecular flexibility index (Phi) is 14.3. The summed E-state index contributed by atoms with van der Waals surface area (Å²) in [5.74, 6) is 0.893. The summed E-state index contributed by atoms with van der Waals surface area (Å²) in [5, 5.41) is 6.82. The number of hydrogen-bond donors (Lipinski definition) is 2. The predicted molar refractivity (Wildman–Crippen MR) is 131 cm³/mol. The van der Waals surface area contributed by atoms with E-state index in [4.69, 9.17) is 14.5 Å². The second kappa shape index (κ2) is 15.9. The number of unbranched alkanes of at least 4 members (excludes halogenated alkanes) is 1. The van der Waals surface area contributed by atoms with Gasteiger partial charge < -0.3 is 20.1 Å². The van der Waals surface area contributed by atoms with Gasteiger partial charge in [-0.2, -0.15) is 0 Å². The smallest absolute Gasteiger partial charge is 0.191 e. The second-order valence-electron chi connectivity index (χ2n) is 7.13. The van der Waals surface area contributed by atoms with Gasteiger partial charge in [0.1, 0.15) is 0 Å². The molecule has 0 aromatic heterocycles. The van der Waals surface area contributed by atoms with E-state index in [0.29, 0.717) is 0 Å². The first-order valence-electron chi connectivity index (χ1n) is 10.7. The number of nitrogens with zero attached hydrogens (tertiary/aromatic N) is 2. The number of halogens is 1. The van der Waals surface area contributed by atoms with E-state index in [1.54, 1.807) is 0 Å². The summed E-state index contributed by atoms with van der Waals surface area (Å²) in [7, 11) is 0. The molecular formula is C22H39IN4O2. The SMILES string of the molecule is CCNC(=NCC(c1ccc(C)cc1)N1CCOCC1)NCCCCOCC.I. The molecule has 29 heavy (non-hydrogen) atoms. The second-order valence-corrected chi connectivity index (χ2v) is 7.13. The van der Waals surface area contributed by atoms with Crippen LogP contribution < -0.4 is 10.6 Å². The highest BCUT2D eigenvalue weighted by Gasteiger charge is 2.22. The molecule has 1 aromatic rings. The number of hydrogen-bond acceptors (Lipinski definition) is 4. The Morgan fingerprint density at radius 3 is 2.52 bits per heavy atom. The summed E-state index contributed by atoms with van der Waals surface area (Å²) < 4.78 is 11.0. The zero-order valence-corrected chi connectivity index (χ0v) is 20.6. The lowest BCUT2D eigenvalue weighted by molar-refractivity contribution is 0.0179. The molecule has 2 rings (SSSR count). The lowest BCUT2D eigenvalue weighted by Crippen LogP contribution is -2.42. The number of ether oxygens (including phenoxy) is 2. The van der Waals surface area contributed by atoms with Gasteiger partial charge in [0.2, 0.25) is 0 Å². The molecule has 0 bridgehead atoms. The zero-order chi connectivity index (χ0) is 20.0. The molecule has 0 saturated carbocycles. The summed E-state index contributed by atoms with van der Waals surface area (Å²) in [6.07, 6.45) is 2.15. The summed E-state index contributed by atoms with van der Waals surface area (Å²) in [6.45, 7) is 13.9. The molecule has 0 aliphatic carbocycles. The fraction of sp³-hybridized carbons (Fsp3) is 0.682. The maximum atomic E-state index is 5.55. The van der Waals surface area contributed by atoms with Crippen LogP contribution in [0.4, 0.5) is 0 Å². The Bertz CT molecular complexity index is 562. The van der Waals surface area contributed by atoms with Crippen LogP contribution in [0.15, 0.2) is 29.3 Å². The van der Waals surface area contributed by atoms with Crippen LogP contribution in [0.3, 0.4) is 0 Å². The third-order valence-electron chi connectivity index (χ3n) is 4.93. The first-order valence-corrected chi connectivity index (χ1v) is 10.7. The van der Waals surface area contributed by atoms with Crippen molar-refractivity contribution in [3.63, 3.8) is 0 Å². The van der Waals surface area contributed by atoms with Crippen LogP contribution in [0, 0.1) is 6.92 Å². The summed E-state index contributed by atoms with van der Waals surface area (Å²) in [6, 6.07) is 9.12. The van der Waals surface area contributed by atoms with Gasteiger partial charge >= 0.3 is 0 Å². The maximum absolute atomic E-state index is 5.55. The van der Waals surface area contributed by atoms with Crippen LogP contribution in [0.1, 0.15) is 43.9 Å².